The van der Waals surface area contributed by atoms with E-state index in [1.54, 1.807) is 0 Å². The van der Waals surface area contributed by atoms with E-state index in [2.05, 4.69) is 43.1 Å². The standard InChI is InChI=1S/C13H17NO/c1-13(2)10-15-12(14-13)9-8-11-6-4-3-5-7-11/h3-7H,8-10H2,1-2H3. The zero-order valence-corrected chi connectivity index (χ0v) is 9.36. The maximum Gasteiger partial charge on any atom is 0.184 e. The minimum atomic E-state index is -0.0218. The molecule has 0 bridgehead atoms. The molecule has 2 heteroatoms. The molecule has 1 aliphatic heterocycles. The third kappa shape index (κ3) is 2.82. The van der Waals surface area contributed by atoms with Gasteiger partial charge in [-0.15, -0.1) is 0 Å². The lowest BCUT2D eigenvalue weighted by Gasteiger charge is -2.07. The molecule has 0 fully saturated rings. The van der Waals surface area contributed by atoms with Gasteiger partial charge in [-0.05, 0) is 25.8 Å². The van der Waals surface area contributed by atoms with Gasteiger partial charge in [0.25, 0.3) is 0 Å². The third-order valence-electron chi connectivity index (χ3n) is 2.49. The third-order valence-corrected chi connectivity index (χ3v) is 2.49. The predicted octanol–water partition coefficient (Wildman–Crippen LogP) is 2.83. The molecule has 0 radical (unpaired) electrons. The Hall–Kier alpha value is -1.31. The zero-order chi connectivity index (χ0) is 10.7. The van der Waals surface area contributed by atoms with Crippen LogP contribution in [-0.2, 0) is 11.2 Å². The van der Waals surface area contributed by atoms with Gasteiger partial charge in [-0.2, -0.15) is 0 Å². The summed E-state index contributed by atoms with van der Waals surface area (Å²) in [4.78, 5) is 4.53. The quantitative estimate of drug-likeness (QED) is 0.740. The van der Waals surface area contributed by atoms with Crippen molar-refractivity contribution in [2.45, 2.75) is 32.2 Å². The average Bonchev–Trinajstić information content (AvgIpc) is 2.57. The molecular weight excluding hydrogens is 186 g/mol. The summed E-state index contributed by atoms with van der Waals surface area (Å²) in [6.45, 7) is 4.92. The number of benzene rings is 1. The van der Waals surface area contributed by atoms with Gasteiger partial charge in [0.05, 0.1) is 5.54 Å². The van der Waals surface area contributed by atoms with Crippen LogP contribution >= 0.6 is 0 Å². The van der Waals surface area contributed by atoms with Gasteiger partial charge in [-0.1, -0.05) is 30.3 Å². The molecule has 80 valence electrons. The second-order valence-electron chi connectivity index (χ2n) is 4.59. The fourth-order valence-corrected chi connectivity index (χ4v) is 1.69. The number of rotatable bonds is 3. The Balaban J connectivity index is 1.90. The van der Waals surface area contributed by atoms with Crippen molar-refractivity contribution in [2.75, 3.05) is 6.61 Å². The lowest BCUT2D eigenvalue weighted by molar-refractivity contribution is 0.274. The van der Waals surface area contributed by atoms with E-state index < -0.39 is 0 Å². The maximum absolute atomic E-state index is 5.54. The van der Waals surface area contributed by atoms with E-state index in [1.165, 1.54) is 5.56 Å². The lowest BCUT2D eigenvalue weighted by atomic mass is 10.1. The van der Waals surface area contributed by atoms with Crippen LogP contribution < -0.4 is 0 Å². The van der Waals surface area contributed by atoms with E-state index in [-0.39, 0.29) is 5.54 Å². The van der Waals surface area contributed by atoms with Crippen LogP contribution in [0.15, 0.2) is 35.3 Å². The molecule has 0 aliphatic carbocycles. The number of aliphatic imine (C=N–C) groups is 1. The molecule has 0 spiro atoms. The van der Waals surface area contributed by atoms with Gasteiger partial charge in [0, 0.05) is 6.42 Å². The number of hydrogen-bond acceptors (Lipinski definition) is 2. The Morgan fingerprint density at radius 2 is 1.93 bits per heavy atom. The van der Waals surface area contributed by atoms with Crippen LogP contribution in [0.1, 0.15) is 25.8 Å². The molecule has 0 unspecified atom stereocenters. The molecule has 0 saturated heterocycles. The first kappa shape index (κ1) is 10.2. The summed E-state index contributed by atoms with van der Waals surface area (Å²) in [5, 5.41) is 0. The number of ether oxygens (including phenoxy) is 1. The van der Waals surface area contributed by atoms with Crippen molar-refractivity contribution in [1.29, 1.82) is 0 Å². The van der Waals surface area contributed by atoms with Gasteiger partial charge in [0.15, 0.2) is 5.90 Å². The number of nitrogens with zero attached hydrogens (tertiary/aromatic N) is 1. The molecule has 2 rings (SSSR count). The highest BCUT2D eigenvalue weighted by Gasteiger charge is 2.25. The lowest BCUT2D eigenvalue weighted by Crippen LogP contribution is -2.17. The number of aryl methyl sites for hydroxylation is 1. The van der Waals surface area contributed by atoms with Crippen LogP contribution in [-0.4, -0.2) is 18.0 Å². The highest BCUT2D eigenvalue weighted by atomic mass is 16.5. The Morgan fingerprint density at radius 3 is 2.53 bits per heavy atom. The topological polar surface area (TPSA) is 21.6 Å². The monoisotopic (exact) mass is 203 g/mol. The summed E-state index contributed by atoms with van der Waals surface area (Å²) in [5.74, 6) is 0.906. The van der Waals surface area contributed by atoms with E-state index in [9.17, 15) is 0 Å². The minimum absolute atomic E-state index is 0.0218. The highest BCUT2D eigenvalue weighted by Crippen LogP contribution is 2.19. The molecular formula is C13H17NO. The smallest absolute Gasteiger partial charge is 0.184 e. The Morgan fingerprint density at radius 1 is 1.20 bits per heavy atom. The maximum atomic E-state index is 5.54. The van der Waals surface area contributed by atoms with Gasteiger partial charge in [0.1, 0.15) is 6.61 Å². The van der Waals surface area contributed by atoms with E-state index in [1.807, 2.05) is 6.07 Å². The summed E-state index contributed by atoms with van der Waals surface area (Å²) in [6, 6.07) is 10.4. The van der Waals surface area contributed by atoms with Gasteiger partial charge in [0.2, 0.25) is 0 Å². The van der Waals surface area contributed by atoms with Crippen molar-refractivity contribution in [3.05, 3.63) is 35.9 Å². The molecule has 0 N–H and O–H groups in total. The second-order valence-corrected chi connectivity index (χ2v) is 4.59. The summed E-state index contributed by atoms with van der Waals surface area (Å²) in [6.07, 6.45) is 1.92. The van der Waals surface area contributed by atoms with Gasteiger partial charge in [-0.25, -0.2) is 4.99 Å². The van der Waals surface area contributed by atoms with Gasteiger partial charge in [-0.3, -0.25) is 0 Å². The fourth-order valence-electron chi connectivity index (χ4n) is 1.69. The zero-order valence-electron chi connectivity index (χ0n) is 9.36. The molecule has 1 aliphatic rings. The van der Waals surface area contributed by atoms with Crippen LogP contribution in [0.4, 0.5) is 0 Å². The van der Waals surface area contributed by atoms with E-state index >= 15 is 0 Å². The number of hydrogen-bond donors (Lipinski definition) is 0. The van der Waals surface area contributed by atoms with Crippen molar-refractivity contribution < 1.29 is 4.74 Å². The average molecular weight is 203 g/mol. The summed E-state index contributed by atoms with van der Waals surface area (Å²) in [7, 11) is 0. The Labute approximate surface area is 91.0 Å². The van der Waals surface area contributed by atoms with Gasteiger partial charge >= 0.3 is 0 Å². The summed E-state index contributed by atoms with van der Waals surface area (Å²) in [5.41, 5.74) is 1.32. The fraction of sp³-hybridized carbons (Fsp3) is 0.462. The SMILES string of the molecule is CC1(C)COC(CCc2ccccc2)=N1. The molecule has 2 nitrogen and oxygen atoms in total. The molecule has 1 aromatic rings. The van der Waals surface area contributed by atoms with Gasteiger partial charge < -0.3 is 4.74 Å². The van der Waals surface area contributed by atoms with Crippen LogP contribution in [0.2, 0.25) is 0 Å². The highest BCUT2D eigenvalue weighted by molar-refractivity contribution is 5.78. The van der Waals surface area contributed by atoms with E-state index in [0.717, 1.165) is 25.3 Å². The Bertz CT molecular complexity index is 354. The van der Waals surface area contributed by atoms with Crippen LogP contribution in [0.3, 0.4) is 0 Å². The van der Waals surface area contributed by atoms with E-state index in [0.29, 0.717) is 0 Å². The van der Waals surface area contributed by atoms with E-state index in [4.69, 9.17) is 4.74 Å². The summed E-state index contributed by atoms with van der Waals surface area (Å²) >= 11 is 0. The molecule has 1 heterocycles. The molecule has 1 aromatic carbocycles. The Kier molecular flexibility index (Phi) is 2.76. The van der Waals surface area contributed by atoms with Crippen molar-refractivity contribution in [3.8, 4) is 0 Å². The molecule has 0 atom stereocenters. The first-order valence-corrected chi connectivity index (χ1v) is 5.41. The molecule has 0 aromatic heterocycles. The molecule has 15 heavy (non-hydrogen) atoms. The van der Waals surface area contributed by atoms with Crippen LogP contribution in [0.5, 0.6) is 0 Å². The van der Waals surface area contributed by atoms with Crippen molar-refractivity contribution in [1.82, 2.24) is 0 Å². The minimum Gasteiger partial charge on any atom is -0.478 e. The molecule has 0 amide bonds. The van der Waals surface area contributed by atoms with Crippen LogP contribution in [0, 0.1) is 0 Å². The molecule has 0 saturated carbocycles. The van der Waals surface area contributed by atoms with Crippen molar-refractivity contribution in [3.63, 3.8) is 0 Å². The summed E-state index contributed by atoms with van der Waals surface area (Å²) < 4.78 is 5.54. The normalized spacial score (nSPS) is 18.4. The van der Waals surface area contributed by atoms with Crippen molar-refractivity contribution in [2.24, 2.45) is 4.99 Å². The largest absolute Gasteiger partial charge is 0.478 e. The predicted molar refractivity (Wildman–Crippen MR) is 62.2 cm³/mol. The van der Waals surface area contributed by atoms with Crippen LogP contribution in [0.25, 0.3) is 0 Å². The van der Waals surface area contributed by atoms with Crippen molar-refractivity contribution >= 4 is 5.90 Å². The first-order valence-electron chi connectivity index (χ1n) is 5.41. The second kappa shape index (κ2) is 4.05. The first-order chi connectivity index (χ1) is 7.16.